The molecule has 0 radical (unpaired) electrons. The number of benzene rings is 2. The molecule has 1 aromatic heterocycles. The molecule has 1 atom stereocenters. The van der Waals surface area contributed by atoms with Crippen LogP contribution in [0.5, 0.6) is 0 Å². The number of rotatable bonds is 7. The normalized spacial score (nSPS) is 18.5. The van der Waals surface area contributed by atoms with Gasteiger partial charge in [0.2, 0.25) is 5.91 Å². The van der Waals surface area contributed by atoms with Crippen LogP contribution in [0.1, 0.15) is 41.1 Å². The SMILES string of the molecule is O=C(CSc1nnc(C2CC2)n1Cc1ccccc1)N1CCS[C@H]1c1ccccc1F. The Bertz CT molecular complexity index is 1070. The number of carbonyl (C=O) groups is 1. The zero-order valence-corrected chi connectivity index (χ0v) is 18.6. The molecule has 0 N–H and O–H groups in total. The smallest absolute Gasteiger partial charge is 0.234 e. The lowest BCUT2D eigenvalue weighted by Crippen LogP contribution is -2.32. The summed E-state index contributed by atoms with van der Waals surface area (Å²) in [6.07, 6.45) is 2.29. The maximum atomic E-state index is 14.3. The molecular formula is C23H23FN4OS2. The van der Waals surface area contributed by atoms with Gasteiger partial charge in [0, 0.05) is 23.8 Å². The number of hydrogen-bond acceptors (Lipinski definition) is 5. The fraction of sp³-hybridized carbons (Fsp3) is 0.348. The van der Waals surface area contributed by atoms with Gasteiger partial charge >= 0.3 is 0 Å². The molecule has 31 heavy (non-hydrogen) atoms. The van der Waals surface area contributed by atoms with E-state index in [9.17, 15) is 9.18 Å². The quantitative estimate of drug-likeness (QED) is 0.484. The first-order valence-electron chi connectivity index (χ1n) is 10.5. The van der Waals surface area contributed by atoms with Crippen molar-refractivity contribution in [3.63, 3.8) is 0 Å². The standard InChI is InChI=1S/C23H23FN4OS2/c24-19-9-5-4-8-18(19)22-27(12-13-30-22)20(29)15-31-23-26-25-21(17-10-11-17)28(23)14-16-6-2-1-3-7-16/h1-9,17,22H,10-15H2/t22-/m0/s1. The first-order chi connectivity index (χ1) is 15.2. The van der Waals surface area contributed by atoms with Crippen LogP contribution in [0, 0.1) is 5.82 Å². The van der Waals surface area contributed by atoms with Crippen LogP contribution in [0.15, 0.2) is 59.8 Å². The maximum absolute atomic E-state index is 14.3. The largest absolute Gasteiger partial charge is 0.325 e. The van der Waals surface area contributed by atoms with Gasteiger partial charge in [-0.2, -0.15) is 0 Å². The molecule has 2 aromatic carbocycles. The first kappa shape index (κ1) is 20.6. The van der Waals surface area contributed by atoms with Gasteiger partial charge in [0.1, 0.15) is 17.0 Å². The summed E-state index contributed by atoms with van der Waals surface area (Å²) in [7, 11) is 0. The van der Waals surface area contributed by atoms with Crippen molar-refractivity contribution in [1.82, 2.24) is 19.7 Å². The van der Waals surface area contributed by atoms with Crippen molar-refractivity contribution in [2.24, 2.45) is 0 Å². The summed E-state index contributed by atoms with van der Waals surface area (Å²) in [5.74, 6) is 2.31. The Balaban J connectivity index is 1.30. The number of hydrogen-bond donors (Lipinski definition) is 0. The first-order valence-corrected chi connectivity index (χ1v) is 12.5. The summed E-state index contributed by atoms with van der Waals surface area (Å²) in [4.78, 5) is 14.8. The summed E-state index contributed by atoms with van der Waals surface area (Å²) in [5.41, 5.74) is 1.76. The second-order valence-corrected chi connectivity index (χ2v) is 9.94. The van der Waals surface area contributed by atoms with E-state index in [0.717, 1.165) is 29.6 Å². The Morgan fingerprint density at radius 3 is 2.65 bits per heavy atom. The minimum atomic E-state index is -0.265. The van der Waals surface area contributed by atoms with Gasteiger partial charge < -0.3 is 9.47 Å². The molecule has 0 spiro atoms. The van der Waals surface area contributed by atoms with Gasteiger partial charge in [-0.1, -0.05) is 60.3 Å². The average molecular weight is 455 g/mol. The lowest BCUT2D eigenvalue weighted by Gasteiger charge is -2.24. The molecule has 2 aliphatic rings. The van der Waals surface area contributed by atoms with Crippen molar-refractivity contribution >= 4 is 29.4 Å². The van der Waals surface area contributed by atoms with E-state index >= 15 is 0 Å². The van der Waals surface area contributed by atoms with E-state index in [0.29, 0.717) is 24.6 Å². The van der Waals surface area contributed by atoms with Gasteiger partial charge in [-0.05, 0) is 24.5 Å². The maximum Gasteiger partial charge on any atom is 0.234 e. The minimum Gasteiger partial charge on any atom is -0.325 e. The number of carbonyl (C=O) groups excluding carboxylic acids is 1. The molecule has 1 saturated heterocycles. The highest BCUT2D eigenvalue weighted by atomic mass is 32.2. The topological polar surface area (TPSA) is 51.0 Å². The van der Waals surface area contributed by atoms with Crippen molar-refractivity contribution in [3.05, 3.63) is 77.4 Å². The molecule has 1 aliphatic carbocycles. The Hall–Kier alpha value is -2.32. The van der Waals surface area contributed by atoms with Gasteiger partial charge in [-0.15, -0.1) is 22.0 Å². The summed E-state index contributed by atoms with van der Waals surface area (Å²) in [6, 6.07) is 17.0. The number of halogens is 1. The van der Waals surface area contributed by atoms with E-state index in [2.05, 4.69) is 26.9 Å². The van der Waals surface area contributed by atoms with Crippen LogP contribution >= 0.6 is 23.5 Å². The Morgan fingerprint density at radius 1 is 1.10 bits per heavy atom. The van der Waals surface area contributed by atoms with E-state index in [4.69, 9.17) is 0 Å². The van der Waals surface area contributed by atoms with Crippen molar-refractivity contribution in [2.75, 3.05) is 18.1 Å². The van der Waals surface area contributed by atoms with Crippen molar-refractivity contribution in [2.45, 2.75) is 35.8 Å². The summed E-state index contributed by atoms with van der Waals surface area (Å²) < 4.78 is 16.4. The molecule has 0 bridgehead atoms. The van der Waals surface area contributed by atoms with E-state index in [1.807, 2.05) is 24.3 Å². The molecule has 0 unspecified atom stereocenters. The predicted molar refractivity (Wildman–Crippen MR) is 122 cm³/mol. The Labute approximate surface area is 189 Å². The van der Waals surface area contributed by atoms with E-state index in [-0.39, 0.29) is 22.9 Å². The van der Waals surface area contributed by atoms with Crippen LogP contribution < -0.4 is 0 Å². The third-order valence-electron chi connectivity index (χ3n) is 5.58. The predicted octanol–water partition coefficient (Wildman–Crippen LogP) is 4.71. The van der Waals surface area contributed by atoms with Crippen LogP contribution in [-0.4, -0.2) is 43.6 Å². The van der Waals surface area contributed by atoms with Crippen LogP contribution in [-0.2, 0) is 11.3 Å². The van der Waals surface area contributed by atoms with Crippen LogP contribution in [0.2, 0.25) is 0 Å². The lowest BCUT2D eigenvalue weighted by atomic mass is 10.2. The Morgan fingerprint density at radius 2 is 1.87 bits per heavy atom. The van der Waals surface area contributed by atoms with Crippen molar-refractivity contribution in [3.8, 4) is 0 Å². The summed E-state index contributed by atoms with van der Waals surface area (Å²) in [5, 5.41) is 9.35. The van der Waals surface area contributed by atoms with Crippen molar-refractivity contribution in [1.29, 1.82) is 0 Å². The van der Waals surface area contributed by atoms with Gasteiger partial charge in [0.05, 0.1) is 12.3 Å². The zero-order valence-electron chi connectivity index (χ0n) is 17.0. The molecule has 1 saturated carbocycles. The fourth-order valence-corrected chi connectivity index (χ4v) is 5.96. The summed E-state index contributed by atoms with van der Waals surface area (Å²) in [6.45, 7) is 1.33. The lowest BCUT2D eigenvalue weighted by molar-refractivity contribution is -0.128. The van der Waals surface area contributed by atoms with Crippen LogP contribution in [0.4, 0.5) is 4.39 Å². The molecule has 5 nitrogen and oxygen atoms in total. The van der Waals surface area contributed by atoms with Crippen LogP contribution in [0.25, 0.3) is 0 Å². The van der Waals surface area contributed by atoms with E-state index < -0.39 is 0 Å². The zero-order chi connectivity index (χ0) is 21.2. The Kier molecular flexibility index (Phi) is 6.00. The molecule has 1 amide bonds. The molecular weight excluding hydrogens is 431 g/mol. The third kappa shape index (κ3) is 4.50. The molecule has 5 rings (SSSR count). The molecule has 8 heteroatoms. The molecule has 2 fully saturated rings. The van der Waals surface area contributed by atoms with Gasteiger partial charge in [-0.3, -0.25) is 4.79 Å². The molecule has 1 aliphatic heterocycles. The average Bonchev–Trinajstić information content (AvgIpc) is 3.38. The molecule has 3 aromatic rings. The minimum absolute atomic E-state index is 0.00508. The molecule has 2 heterocycles. The number of amides is 1. The number of aromatic nitrogens is 3. The van der Waals surface area contributed by atoms with Gasteiger partial charge in [-0.25, -0.2) is 4.39 Å². The highest BCUT2D eigenvalue weighted by Gasteiger charge is 2.33. The van der Waals surface area contributed by atoms with Gasteiger partial charge in [0.15, 0.2) is 5.16 Å². The van der Waals surface area contributed by atoms with Crippen LogP contribution in [0.3, 0.4) is 0 Å². The highest BCUT2D eigenvalue weighted by Crippen LogP contribution is 2.41. The number of thioether (sulfide) groups is 2. The highest BCUT2D eigenvalue weighted by molar-refractivity contribution is 8.00. The second kappa shape index (κ2) is 9.04. The fourth-order valence-electron chi connectivity index (χ4n) is 3.83. The number of nitrogens with zero attached hydrogens (tertiary/aromatic N) is 4. The third-order valence-corrected chi connectivity index (χ3v) is 7.77. The second-order valence-electron chi connectivity index (χ2n) is 7.81. The summed E-state index contributed by atoms with van der Waals surface area (Å²) >= 11 is 3.04. The monoisotopic (exact) mass is 454 g/mol. The van der Waals surface area contributed by atoms with E-state index in [1.165, 1.54) is 23.4 Å². The van der Waals surface area contributed by atoms with Gasteiger partial charge in [0.25, 0.3) is 0 Å². The van der Waals surface area contributed by atoms with Crippen molar-refractivity contribution < 1.29 is 9.18 Å². The molecule has 160 valence electrons. The van der Waals surface area contributed by atoms with E-state index in [1.54, 1.807) is 28.8 Å².